The van der Waals surface area contributed by atoms with E-state index < -0.39 is 0 Å². The van der Waals surface area contributed by atoms with Crippen molar-refractivity contribution in [3.63, 3.8) is 0 Å². The van der Waals surface area contributed by atoms with Gasteiger partial charge < -0.3 is 18.9 Å². The molecule has 2 aliphatic heterocycles. The predicted octanol–water partition coefficient (Wildman–Crippen LogP) is 2.13. The molecule has 0 unspecified atom stereocenters. The van der Waals surface area contributed by atoms with Gasteiger partial charge in [0.2, 0.25) is 0 Å². The molecule has 3 rings (SSSR count). The standard InChI is InChI=1S/C17H26BNO3/c1-13-10-14(18-21-16(2,3)17(4,5)22-18)12-15(11-13)19-6-8-20-9-7-19/h10-12H,6-9H2,1-5H3. The first kappa shape index (κ1) is 15.8. The summed E-state index contributed by atoms with van der Waals surface area (Å²) in [7, 11) is -0.301. The molecule has 0 bridgehead atoms. The summed E-state index contributed by atoms with van der Waals surface area (Å²) in [6, 6.07) is 6.58. The van der Waals surface area contributed by atoms with Crippen LogP contribution >= 0.6 is 0 Å². The van der Waals surface area contributed by atoms with Gasteiger partial charge >= 0.3 is 7.12 Å². The van der Waals surface area contributed by atoms with Crippen LogP contribution in [0.5, 0.6) is 0 Å². The second-order valence-corrected chi connectivity index (χ2v) is 7.29. The number of nitrogens with zero attached hydrogens (tertiary/aromatic N) is 1. The van der Waals surface area contributed by atoms with Crippen molar-refractivity contribution in [3.8, 4) is 0 Å². The Hall–Kier alpha value is -1.04. The summed E-state index contributed by atoms with van der Waals surface area (Å²) in [5, 5.41) is 0. The quantitative estimate of drug-likeness (QED) is 0.783. The molecule has 5 heteroatoms. The SMILES string of the molecule is Cc1cc(B2OC(C)(C)C(C)(C)O2)cc(N2CCOCC2)c1. The lowest BCUT2D eigenvalue weighted by Crippen LogP contribution is -2.41. The van der Waals surface area contributed by atoms with Crippen molar-refractivity contribution in [1.29, 1.82) is 0 Å². The van der Waals surface area contributed by atoms with Gasteiger partial charge in [-0.25, -0.2) is 0 Å². The van der Waals surface area contributed by atoms with Crippen LogP contribution in [0.2, 0.25) is 0 Å². The Labute approximate surface area is 133 Å². The molecule has 0 N–H and O–H groups in total. The molecule has 0 atom stereocenters. The molecule has 2 fully saturated rings. The van der Waals surface area contributed by atoms with Crippen LogP contribution in [-0.2, 0) is 14.0 Å². The van der Waals surface area contributed by atoms with Crippen LogP contribution in [-0.4, -0.2) is 44.6 Å². The van der Waals surface area contributed by atoms with Crippen LogP contribution in [0.25, 0.3) is 0 Å². The second-order valence-electron chi connectivity index (χ2n) is 7.29. The zero-order chi connectivity index (χ0) is 16.0. The molecule has 1 aromatic rings. The molecule has 0 aromatic heterocycles. The summed E-state index contributed by atoms with van der Waals surface area (Å²) in [5.74, 6) is 0. The minimum absolute atomic E-state index is 0.301. The third-order valence-electron chi connectivity index (χ3n) is 4.99. The van der Waals surface area contributed by atoms with Crippen LogP contribution in [0, 0.1) is 6.92 Å². The summed E-state index contributed by atoms with van der Waals surface area (Å²) < 4.78 is 17.8. The topological polar surface area (TPSA) is 30.9 Å². The second kappa shape index (κ2) is 5.55. The zero-order valence-corrected chi connectivity index (χ0v) is 14.3. The molecule has 0 aliphatic carbocycles. The largest absolute Gasteiger partial charge is 0.494 e. The van der Waals surface area contributed by atoms with Gasteiger partial charge in [-0.1, -0.05) is 6.07 Å². The molecule has 4 nitrogen and oxygen atoms in total. The summed E-state index contributed by atoms with van der Waals surface area (Å²) in [5.41, 5.74) is 2.95. The maximum Gasteiger partial charge on any atom is 0.494 e. The minimum atomic E-state index is -0.305. The van der Waals surface area contributed by atoms with E-state index in [0.717, 1.165) is 31.8 Å². The molecule has 22 heavy (non-hydrogen) atoms. The first-order valence-electron chi connectivity index (χ1n) is 8.08. The van der Waals surface area contributed by atoms with Crippen LogP contribution in [0.15, 0.2) is 18.2 Å². The van der Waals surface area contributed by atoms with Gasteiger partial charge in [-0.2, -0.15) is 0 Å². The third kappa shape index (κ3) is 2.90. The highest BCUT2D eigenvalue weighted by molar-refractivity contribution is 6.62. The monoisotopic (exact) mass is 303 g/mol. The van der Waals surface area contributed by atoms with Crippen LogP contribution < -0.4 is 10.4 Å². The van der Waals surface area contributed by atoms with Gasteiger partial charge in [0.15, 0.2) is 0 Å². The van der Waals surface area contributed by atoms with E-state index in [9.17, 15) is 0 Å². The van der Waals surface area contributed by atoms with Crippen molar-refractivity contribution < 1.29 is 14.0 Å². The maximum atomic E-state index is 6.18. The van der Waals surface area contributed by atoms with E-state index in [-0.39, 0.29) is 18.3 Å². The van der Waals surface area contributed by atoms with E-state index >= 15 is 0 Å². The van der Waals surface area contributed by atoms with E-state index in [1.165, 1.54) is 11.3 Å². The normalized spacial score (nSPS) is 23.9. The average Bonchev–Trinajstić information content (AvgIpc) is 2.68. The van der Waals surface area contributed by atoms with Crippen molar-refractivity contribution >= 4 is 18.3 Å². The number of anilines is 1. The zero-order valence-electron chi connectivity index (χ0n) is 14.3. The van der Waals surface area contributed by atoms with Gasteiger partial charge in [0.25, 0.3) is 0 Å². The lowest BCUT2D eigenvalue weighted by Gasteiger charge is -2.32. The number of aryl methyl sites for hydroxylation is 1. The van der Waals surface area contributed by atoms with Crippen LogP contribution in [0.1, 0.15) is 33.3 Å². The fourth-order valence-corrected chi connectivity index (χ4v) is 2.91. The highest BCUT2D eigenvalue weighted by atomic mass is 16.7. The Morgan fingerprint density at radius 2 is 1.55 bits per heavy atom. The fourth-order valence-electron chi connectivity index (χ4n) is 2.91. The van der Waals surface area contributed by atoms with Crippen molar-refractivity contribution in [2.24, 2.45) is 0 Å². The number of hydrogen-bond acceptors (Lipinski definition) is 4. The number of benzene rings is 1. The Bertz CT molecular complexity index is 537. The smallest absolute Gasteiger partial charge is 0.399 e. The van der Waals surface area contributed by atoms with Crippen molar-refractivity contribution in [2.45, 2.75) is 45.8 Å². The Morgan fingerprint density at radius 3 is 2.14 bits per heavy atom. The van der Waals surface area contributed by atoms with E-state index in [2.05, 4.69) is 57.7 Å². The van der Waals surface area contributed by atoms with E-state index in [4.69, 9.17) is 14.0 Å². The summed E-state index contributed by atoms with van der Waals surface area (Å²) in [6.07, 6.45) is 0. The third-order valence-corrected chi connectivity index (χ3v) is 4.99. The van der Waals surface area contributed by atoms with Crippen LogP contribution in [0.3, 0.4) is 0 Å². The average molecular weight is 303 g/mol. The van der Waals surface area contributed by atoms with Gasteiger partial charge in [-0.15, -0.1) is 0 Å². The Kier molecular flexibility index (Phi) is 4.00. The first-order chi connectivity index (χ1) is 10.3. The van der Waals surface area contributed by atoms with Crippen molar-refractivity contribution in [2.75, 3.05) is 31.2 Å². The molecular formula is C17H26BNO3. The van der Waals surface area contributed by atoms with Crippen molar-refractivity contribution in [1.82, 2.24) is 0 Å². The van der Waals surface area contributed by atoms with Gasteiger partial charge in [-0.05, 0) is 57.8 Å². The number of hydrogen-bond donors (Lipinski definition) is 0. The lowest BCUT2D eigenvalue weighted by molar-refractivity contribution is 0.00578. The summed E-state index contributed by atoms with van der Waals surface area (Å²) in [6.45, 7) is 13.9. The Balaban J connectivity index is 1.87. The fraction of sp³-hybridized carbons (Fsp3) is 0.647. The van der Waals surface area contributed by atoms with Gasteiger partial charge in [-0.3, -0.25) is 0 Å². The van der Waals surface area contributed by atoms with Gasteiger partial charge in [0.1, 0.15) is 0 Å². The summed E-state index contributed by atoms with van der Waals surface area (Å²) >= 11 is 0. The molecular weight excluding hydrogens is 277 g/mol. The van der Waals surface area contributed by atoms with E-state index in [1.807, 2.05) is 0 Å². The summed E-state index contributed by atoms with van der Waals surface area (Å²) in [4.78, 5) is 2.37. The van der Waals surface area contributed by atoms with Gasteiger partial charge in [0.05, 0.1) is 24.4 Å². The molecule has 0 amide bonds. The molecule has 0 spiro atoms. The molecule has 0 radical (unpaired) electrons. The molecule has 120 valence electrons. The highest BCUT2D eigenvalue weighted by Gasteiger charge is 2.51. The highest BCUT2D eigenvalue weighted by Crippen LogP contribution is 2.36. The first-order valence-corrected chi connectivity index (χ1v) is 8.08. The van der Waals surface area contributed by atoms with Crippen molar-refractivity contribution in [3.05, 3.63) is 23.8 Å². The van der Waals surface area contributed by atoms with E-state index in [0.29, 0.717) is 0 Å². The molecule has 2 saturated heterocycles. The molecule has 0 saturated carbocycles. The Morgan fingerprint density at radius 1 is 0.955 bits per heavy atom. The molecule has 2 aliphatic rings. The number of ether oxygens (including phenoxy) is 1. The number of rotatable bonds is 2. The lowest BCUT2D eigenvalue weighted by atomic mass is 9.78. The molecule has 1 aromatic carbocycles. The maximum absolute atomic E-state index is 6.18. The minimum Gasteiger partial charge on any atom is -0.399 e. The van der Waals surface area contributed by atoms with Crippen LogP contribution in [0.4, 0.5) is 5.69 Å². The van der Waals surface area contributed by atoms with E-state index in [1.54, 1.807) is 0 Å². The predicted molar refractivity (Wildman–Crippen MR) is 89.9 cm³/mol. The number of morpholine rings is 1. The van der Waals surface area contributed by atoms with Gasteiger partial charge in [0, 0.05) is 18.8 Å². The molecule has 2 heterocycles.